The van der Waals surface area contributed by atoms with Crippen molar-refractivity contribution < 1.29 is 4.79 Å². The van der Waals surface area contributed by atoms with Crippen LogP contribution < -0.4 is 16.0 Å². The molecule has 0 radical (unpaired) electrons. The van der Waals surface area contributed by atoms with Gasteiger partial charge in [0.15, 0.2) is 0 Å². The molecule has 0 atom stereocenters. The minimum absolute atomic E-state index is 0.221. The maximum atomic E-state index is 12.3. The van der Waals surface area contributed by atoms with E-state index in [1.807, 2.05) is 24.3 Å². The van der Waals surface area contributed by atoms with Gasteiger partial charge in [-0.25, -0.2) is 4.98 Å². The number of nitrogen functional groups attached to an aromatic ring is 1. The molecule has 1 saturated heterocycles. The summed E-state index contributed by atoms with van der Waals surface area (Å²) in [6, 6.07) is 11.2. The third-order valence-corrected chi connectivity index (χ3v) is 3.62. The summed E-state index contributed by atoms with van der Waals surface area (Å²) < 4.78 is 0. The van der Waals surface area contributed by atoms with Gasteiger partial charge in [0.05, 0.1) is 23.3 Å². The molecule has 1 aromatic carbocycles. The predicted molar refractivity (Wildman–Crippen MR) is 84.5 cm³/mol. The molecule has 108 valence electrons. The highest BCUT2D eigenvalue weighted by molar-refractivity contribution is 6.04. The number of nitrogens with zero attached hydrogens (tertiary/aromatic N) is 2. The van der Waals surface area contributed by atoms with Gasteiger partial charge in [0, 0.05) is 13.1 Å². The summed E-state index contributed by atoms with van der Waals surface area (Å²) in [6.45, 7) is 2.07. The maximum Gasteiger partial charge on any atom is 0.274 e. The molecule has 1 fully saturated rings. The smallest absolute Gasteiger partial charge is 0.274 e. The van der Waals surface area contributed by atoms with E-state index in [1.54, 1.807) is 12.1 Å². The van der Waals surface area contributed by atoms with Gasteiger partial charge >= 0.3 is 0 Å². The summed E-state index contributed by atoms with van der Waals surface area (Å²) in [7, 11) is 0. The van der Waals surface area contributed by atoms with Gasteiger partial charge in [-0.3, -0.25) is 4.79 Å². The number of hydrogen-bond donors (Lipinski definition) is 2. The van der Waals surface area contributed by atoms with Gasteiger partial charge < -0.3 is 16.0 Å². The molecule has 5 heteroatoms. The molecule has 0 bridgehead atoms. The number of nitrogens with one attached hydrogen (secondary N) is 1. The lowest BCUT2D eigenvalue weighted by atomic mass is 10.2. The van der Waals surface area contributed by atoms with Gasteiger partial charge in [0.1, 0.15) is 5.69 Å². The minimum Gasteiger partial charge on any atom is -0.397 e. The minimum atomic E-state index is -0.221. The molecule has 21 heavy (non-hydrogen) atoms. The van der Waals surface area contributed by atoms with Crippen molar-refractivity contribution >= 4 is 23.0 Å². The summed E-state index contributed by atoms with van der Waals surface area (Å²) in [6.07, 6.45) is 3.88. The highest BCUT2D eigenvalue weighted by atomic mass is 16.1. The van der Waals surface area contributed by atoms with E-state index in [4.69, 9.17) is 5.73 Å². The first kappa shape index (κ1) is 13.4. The summed E-state index contributed by atoms with van der Waals surface area (Å²) in [5, 5.41) is 2.94. The lowest BCUT2D eigenvalue weighted by Gasteiger charge is -2.21. The normalized spacial score (nSPS) is 14.2. The molecule has 3 rings (SSSR count). The Morgan fingerprint density at radius 3 is 2.62 bits per heavy atom. The van der Waals surface area contributed by atoms with Gasteiger partial charge in [-0.1, -0.05) is 12.1 Å². The van der Waals surface area contributed by atoms with Crippen molar-refractivity contribution in [3.05, 3.63) is 48.3 Å². The lowest BCUT2D eigenvalue weighted by Crippen LogP contribution is -2.21. The SMILES string of the molecule is Nc1ccc(C(=O)Nc2ccccc2N2CCCC2)nc1. The van der Waals surface area contributed by atoms with E-state index in [9.17, 15) is 4.79 Å². The molecule has 2 heterocycles. The van der Waals surface area contributed by atoms with Crippen molar-refractivity contribution in [3.63, 3.8) is 0 Å². The zero-order valence-corrected chi connectivity index (χ0v) is 11.7. The average Bonchev–Trinajstić information content (AvgIpc) is 3.02. The van der Waals surface area contributed by atoms with Crippen molar-refractivity contribution in [2.45, 2.75) is 12.8 Å². The van der Waals surface area contributed by atoms with Gasteiger partial charge in [0.2, 0.25) is 0 Å². The number of amides is 1. The molecule has 2 aromatic rings. The molecular weight excluding hydrogens is 264 g/mol. The quantitative estimate of drug-likeness (QED) is 0.907. The predicted octanol–water partition coefficient (Wildman–Crippen LogP) is 2.52. The maximum absolute atomic E-state index is 12.3. The zero-order chi connectivity index (χ0) is 14.7. The number of aromatic nitrogens is 1. The summed E-state index contributed by atoms with van der Waals surface area (Å²) >= 11 is 0. The fourth-order valence-corrected chi connectivity index (χ4v) is 2.54. The molecule has 1 amide bonds. The van der Waals surface area contributed by atoms with Crippen LogP contribution >= 0.6 is 0 Å². The largest absolute Gasteiger partial charge is 0.397 e. The van der Waals surface area contributed by atoms with E-state index in [0.29, 0.717) is 11.4 Å². The number of carbonyl (C=O) groups is 1. The van der Waals surface area contributed by atoms with Gasteiger partial charge in [-0.05, 0) is 37.1 Å². The zero-order valence-electron chi connectivity index (χ0n) is 11.7. The molecule has 5 nitrogen and oxygen atoms in total. The number of pyridine rings is 1. The molecule has 0 aliphatic carbocycles. The fraction of sp³-hybridized carbons (Fsp3) is 0.250. The molecule has 3 N–H and O–H groups in total. The second-order valence-electron chi connectivity index (χ2n) is 5.14. The Morgan fingerprint density at radius 1 is 1.14 bits per heavy atom. The van der Waals surface area contributed by atoms with Crippen molar-refractivity contribution in [1.82, 2.24) is 4.98 Å². The average molecular weight is 282 g/mol. The number of benzene rings is 1. The fourth-order valence-electron chi connectivity index (χ4n) is 2.54. The topological polar surface area (TPSA) is 71.2 Å². The Balaban J connectivity index is 1.81. The number of nitrogens with two attached hydrogens (primary N) is 1. The third-order valence-electron chi connectivity index (χ3n) is 3.62. The first-order valence-corrected chi connectivity index (χ1v) is 7.11. The standard InChI is InChI=1S/C16H18N4O/c17-12-7-8-14(18-11-12)16(21)19-13-5-1-2-6-15(13)20-9-3-4-10-20/h1-2,5-8,11H,3-4,9-10,17H2,(H,19,21). The number of carbonyl (C=O) groups excluding carboxylic acids is 1. The molecular formula is C16H18N4O. The third kappa shape index (κ3) is 2.97. The number of para-hydroxylation sites is 2. The van der Waals surface area contributed by atoms with Crippen molar-refractivity contribution in [2.24, 2.45) is 0 Å². The highest BCUT2D eigenvalue weighted by Gasteiger charge is 2.17. The van der Waals surface area contributed by atoms with Crippen molar-refractivity contribution in [3.8, 4) is 0 Å². The van der Waals surface area contributed by atoms with E-state index < -0.39 is 0 Å². The van der Waals surface area contributed by atoms with Crippen LogP contribution in [0.3, 0.4) is 0 Å². The van der Waals surface area contributed by atoms with Crippen LogP contribution in [0.4, 0.5) is 17.1 Å². The summed E-state index contributed by atoms with van der Waals surface area (Å²) in [4.78, 5) is 18.6. The number of hydrogen-bond acceptors (Lipinski definition) is 4. The van der Waals surface area contributed by atoms with Crippen LogP contribution in [-0.2, 0) is 0 Å². The Kier molecular flexibility index (Phi) is 3.73. The monoisotopic (exact) mass is 282 g/mol. The van der Waals surface area contributed by atoms with Crippen molar-refractivity contribution in [2.75, 3.05) is 29.0 Å². The second kappa shape index (κ2) is 5.83. The number of anilines is 3. The Morgan fingerprint density at radius 2 is 1.90 bits per heavy atom. The Labute approximate surface area is 123 Å². The molecule has 0 saturated carbocycles. The van der Waals surface area contributed by atoms with Gasteiger partial charge in [-0.15, -0.1) is 0 Å². The first-order valence-electron chi connectivity index (χ1n) is 7.11. The lowest BCUT2D eigenvalue weighted by molar-refractivity contribution is 0.102. The van der Waals surface area contributed by atoms with Crippen LogP contribution in [0.1, 0.15) is 23.3 Å². The summed E-state index contributed by atoms with van der Waals surface area (Å²) in [5.74, 6) is -0.221. The first-order chi connectivity index (χ1) is 10.2. The molecule has 1 aliphatic rings. The van der Waals surface area contributed by atoms with Crippen LogP contribution in [-0.4, -0.2) is 24.0 Å². The van der Waals surface area contributed by atoms with Crippen LogP contribution in [0.15, 0.2) is 42.6 Å². The Bertz CT molecular complexity index is 633. The number of rotatable bonds is 3. The van der Waals surface area contributed by atoms with E-state index in [2.05, 4.69) is 15.2 Å². The van der Waals surface area contributed by atoms with Crippen LogP contribution in [0.2, 0.25) is 0 Å². The van der Waals surface area contributed by atoms with E-state index in [1.165, 1.54) is 19.0 Å². The van der Waals surface area contributed by atoms with Gasteiger partial charge in [-0.2, -0.15) is 0 Å². The van der Waals surface area contributed by atoms with Crippen LogP contribution in [0.5, 0.6) is 0 Å². The van der Waals surface area contributed by atoms with Gasteiger partial charge in [0.25, 0.3) is 5.91 Å². The van der Waals surface area contributed by atoms with E-state index in [0.717, 1.165) is 24.5 Å². The molecule has 0 unspecified atom stereocenters. The Hall–Kier alpha value is -2.56. The molecule has 1 aromatic heterocycles. The van der Waals surface area contributed by atoms with Crippen molar-refractivity contribution in [1.29, 1.82) is 0 Å². The van der Waals surface area contributed by atoms with Crippen LogP contribution in [0, 0.1) is 0 Å². The summed E-state index contributed by atoms with van der Waals surface area (Å²) in [5.41, 5.74) is 8.38. The van der Waals surface area contributed by atoms with Crippen LogP contribution in [0.25, 0.3) is 0 Å². The second-order valence-corrected chi connectivity index (χ2v) is 5.14. The molecule has 0 spiro atoms. The van der Waals surface area contributed by atoms with E-state index >= 15 is 0 Å². The molecule has 1 aliphatic heterocycles. The highest BCUT2D eigenvalue weighted by Crippen LogP contribution is 2.28. The van der Waals surface area contributed by atoms with E-state index in [-0.39, 0.29) is 5.91 Å².